The van der Waals surface area contributed by atoms with Crippen LogP contribution in [-0.4, -0.2) is 0 Å². The molecule has 1 aromatic heterocycles. The third-order valence-corrected chi connectivity index (χ3v) is 10.8. The molecule has 0 saturated carbocycles. The number of benzene rings is 8. The predicted octanol–water partition coefficient (Wildman–Crippen LogP) is 13.8. The van der Waals surface area contributed by atoms with E-state index in [2.05, 4.69) is 181 Å². The van der Waals surface area contributed by atoms with Crippen molar-refractivity contribution in [1.82, 2.24) is 0 Å². The molecule has 230 valence electrons. The van der Waals surface area contributed by atoms with Crippen molar-refractivity contribution in [2.24, 2.45) is 0 Å². The first-order valence-electron chi connectivity index (χ1n) is 16.6. The Morgan fingerprint density at radius 3 is 1.92 bits per heavy atom. The minimum atomic E-state index is 0.885. The molecule has 0 fully saturated rings. The number of hydrogen-bond acceptors (Lipinski definition) is 3. The number of rotatable bonds is 5. The molecule has 1 aliphatic rings. The first-order valence-corrected chi connectivity index (χ1v) is 17.4. The van der Waals surface area contributed by atoms with E-state index in [-0.39, 0.29) is 0 Å². The Morgan fingerprint density at radius 2 is 1.06 bits per heavy atom. The van der Waals surface area contributed by atoms with Gasteiger partial charge in [-0.15, -0.1) is 11.3 Å². The molecule has 49 heavy (non-hydrogen) atoms. The summed E-state index contributed by atoms with van der Waals surface area (Å²) in [6, 6.07) is 63.0. The van der Waals surface area contributed by atoms with E-state index in [1.54, 1.807) is 0 Å². The van der Waals surface area contributed by atoms with Gasteiger partial charge in [-0.3, -0.25) is 0 Å². The van der Waals surface area contributed by atoms with Gasteiger partial charge in [-0.2, -0.15) is 0 Å². The van der Waals surface area contributed by atoms with Crippen molar-refractivity contribution in [3.8, 4) is 44.9 Å². The van der Waals surface area contributed by atoms with Crippen LogP contribution in [0.25, 0.3) is 64.3 Å². The van der Waals surface area contributed by atoms with Crippen LogP contribution in [0.4, 0.5) is 17.1 Å². The molecule has 0 spiro atoms. The maximum atomic E-state index is 6.64. The van der Waals surface area contributed by atoms with Gasteiger partial charge in [0.15, 0.2) is 0 Å². The standard InChI is InChI=1S/C46H29NOS/c1-3-11-31(12-4-1)35-27-28-41-45-37(35)16-9-17-38(45)36-26-23-32(29-42(36)48-41)30-21-24-34(25-22-30)47(33-13-5-2-6-14-33)40-18-10-20-44-46(40)39-15-7-8-19-43(39)49-44/h1-29H. The number of nitrogens with zero attached hydrogens (tertiary/aromatic N) is 1. The van der Waals surface area contributed by atoms with Crippen LogP contribution in [0.3, 0.4) is 0 Å². The van der Waals surface area contributed by atoms with E-state index < -0.39 is 0 Å². The Hall–Kier alpha value is -6.16. The molecule has 0 unspecified atom stereocenters. The van der Waals surface area contributed by atoms with Gasteiger partial charge in [-0.1, -0.05) is 115 Å². The summed E-state index contributed by atoms with van der Waals surface area (Å²) >= 11 is 1.85. The quantitative estimate of drug-likeness (QED) is 0.185. The fourth-order valence-corrected chi connectivity index (χ4v) is 8.56. The van der Waals surface area contributed by atoms with Crippen LogP contribution in [0.1, 0.15) is 0 Å². The van der Waals surface area contributed by atoms with Crippen molar-refractivity contribution >= 4 is 59.3 Å². The number of anilines is 3. The van der Waals surface area contributed by atoms with E-state index in [1.165, 1.54) is 53.3 Å². The summed E-state index contributed by atoms with van der Waals surface area (Å²) in [5.74, 6) is 1.79. The maximum absolute atomic E-state index is 6.64. The fourth-order valence-electron chi connectivity index (χ4n) is 7.43. The summed E-state index contributed by atoms with van der Waals surface area (Å²) in [4.78, 5) is 2.38. The van der Waals surface area contributed by atoms with Gasteiger partial charge in [-0.05, 0) is 93.9 Å². The average Bonchev–Trinajstić information content (AvgIpc) is 3.56. The van der Waals surface area contributed by atoms with Crippen LogP contribution in [-0.2, 0) is 0 Å². The zero-order valence-corrected chi connectivity index (χ0v) is 27.3. The Morgan fingerprint density at radius 1 is 0.388 bits per heavy atom. The Balaban J connectivity index is 1.05. The van der Waals surface area contributed by atoms with Crippen LogP contribution in [0, 0.1) is 0 Å². The summed E-state index contributed by atoms with van der Waals surface area (Å²) in [7, 11) is 0. The maximum Gasteiger partial charge on any atom is 0.135 e. The molecular formula is C46H29NOS. The minimum absolute atomic E-state index is 0.885. The second kappa shape index (κ2) is 11.2. The largest absolute Gasteiger partial charge is 0.456 e. The zero-order chi connectivity index (χ0) is 32.3. The van der Waals surface area contributed by atoms with Crippen molar-refractivity contribution in [2.75, 3.05) is 4.90 Å². The molecular weight excluding hydrogens is 615 g/mol. The topological polar surface area (TPSA) is 12.5 Å². The lowest BCUT2D eigenvalue weighted by molar-refractivity contribution is 0.487. The van der Waals surface area contributed by atoms with Crippen molar-refractivity contribution < 1.29 is 4.74 Å². The van der Waals surface area contributed by atoms with Crippen molar-refractivity contribution in [1.29, 1.82) is 0 Å². The highest BCUT2D eigenvalue weighted by Gasteiger charge is 2.23. The number of ether oxygens (including phenoxy) is 1. The van der Waals surface area contributed by atoms with Crippen molar-refractivity contribution in [3.05, 3.63) is 176 Å². The van der Waals surface area contributed by atoms with Crippen LogP contribution >= 0.6 is 11.3 Å². The Kier molecular flexibility index (Phi) is 6.39. The zero-order valence-electron chi connectivity index (χ0n) is 26.5. The fraction of sp³-hybridized carbons (Fsp3) is 0. The third kappa shape index (κ3) is 4.55. The minimum Gasteiger partial charge on any atom is -0.456 e. The molecule has 10 rings (SSSR count). The molecule has 0 amide bonds. The summed E-state index contributed by atoms with van der Waals surface area (Å²) in [5, 5.41) is 4.95. The molecule has 3 heteroatoms. The molecule has 2 heterocycles. The smallest absolute Gasteiger partial charge is 0.135 e. The van der Waals surface area contributed by atoms with E-state index in [0.29, 0.717) is 0 Å². The molecule has 0 radical (unpaired) electrons. The lowest BCUT2D eigenvalue weighted by atomic mass is 9.89. The summed E-state index contributed by atoms with van der Waals surface area (Å²) in [6.07, 6.45) is 0. The number of fused-ring (bicyclic) bond motifs is 5. The lowest BCUT2D eigenvalue weighted by Crippen LogP contribution is -2.10. The number of para-hydroxylation sites is 1. The molecule has 0 aliphatic carbocycles. The third-order valence-electron chi connectivity index (χ3n) is 9.67. The Labute approximate surface area is 288 Å². The number of thiophene rings is 1. The second-order valence-electron chi connectivity index (χ2n) is 12.5. The van der Waals surface area contributed by atoms with Gasteiger partial charge < -0.3 is 9.64 Å². The first-order chi connectivity index (χ1) is 24.3. The van der Waals surface area contributed by atoms with Crippen molar-refractivity contribution in [3.63, 3.8) is 0 Å². The highest BCUT2D eigenvalue weighted by molar-refractivity contribution is 7.26. The first kappa shape index (κ1) is 27.9. The van der Waals surface area contributed by atoms with Gasteiger partial charge in [0.05, 0.1) is 5.69 Å². The van der Waals surface area contributed by atoms with Gasteiger partial charge in [0, 0.05) is 42.5 Å². The molecule has 0 atom stereocenters. The Bertz CT molecular complexity index is 2680. The van der Waals surface area contributed by atoms with Crippen LogP contribution in [0.15, 0.2) is 176 Å². The monoisotopic (exact) mass is 643 g/mol. The van der Waals surface area contributed by atoms with E-state index in [1.807, 2.05) is 11.3 Å². The predicted molar refractivity (Wildman–Crippen MR) is 208 cm³/mol. The van der Waals surface area contributed by atoms with E-state index in [4.69, 9.17) is 4.74 Å². The molecule has 8 aromatic carbocycles. The molecule has 0 saturated heterocycles. The molecule has 0 bridgehead atoms. The van der Waals surface area contributed by atoms with Crippen LogP contribution in [0.5, 0.6) is 11.5 Å². The SMILES string of the molecule is c1ccc(-c2ccc3c4c(cccc24)-c2ccc(-c4ccc(N(c5ccccc5)c5cccc6sc7ccccc7c56)cc4)cc2O3)cc1. The van der Waals surface area contributed by atoms with Gasteiger partial charge in [0.25, 0.3) is 0 Å². The average molecular weight is 644 g/mol. The highest BCUT2D eigenvalue weighted by Crippen LogP contribution is 2.50. The normalized spacial score (nSPS) is 11.8. The summed E-state index contributed by atoms with van der Waals surface area (Å²) in [6.45, 7) is 0. The molecule has 2 nitrogen and oxygen atoms in total. The highest BCUT2D eigenvalue weighted by atomic mass is 32.1. The van der Waals surface area contributed by atoms with Gasteiger partial charge in [0.2, 0.25) is 0 Å². The van der Waals surface area contributed by atoms with Crippen molar-refractivity contribution in [2.45, 2.75) is 0 Å². The van der Waals surface area contributed by atoms with Gasteiger partial charge >= 0.3 is 0 Å². The van der Waals surface area contributed by atoms with E-state index in [9.17, 15) is 0 Å². The summed E-state index contributed by atoms with van der Waals surface area (Å²) in [5.41, 5.74) is 10.5. The molecule has 1 aliphatic heterocycles. The molecule has 9 aromatic rings. The van der Waals surface area contributed by atoms with Crippen LogP contribution < -0.4 is 9.64 Å². The summed E-state index contributed by atoms with van der Waals surface area (Å²) < 4.78 is 9.24. The lowest BCUT2D eigenvalue weighted by Gasteiger charge is -2.26. The van der Waals surface area contributed by atoms with Gasteiger partial charge in [0.1, 0.15) is 11.5 Å². The second-order valence-corrected chi connectivity index (χ2v) is 13.6. The van der Waals surface area contributed by atoms with E-state index >= 15 is 0 Å². The van der Waals surface area contributed by atoms with E-state index in [0.717, 1.165) is 39.6 Å². The van der Waals surface area contributed by atoms with Crippen LogP contribution in [0.2, 0.25) is 0 Å². The van der Waals surface area contributed by atoms with Gasteiger partial charge in [-0.25, -0.2) is 0 Å². The molecule has 0 N–H and O–H groups in total. The number of hydrogen-bond donors (Lipinski definition) is 0.